The van der Waals surface area contributed by atoms with E-state index in [2.05, 4.69) is 35.2 Å². The van der Waals surface area contributed by atoms with Crippen LogP contribution in [0.5, 0.6) is 0 Å². The van der Waals surface area contributed by atoms with Gasteiger partial charge in [0.1, 0.15) is 5.82 Å². The molecule has 0 aliphatic rings. The second kappa shape index (κ2) is 4.80. The molecule has 3 nitrogen and oxygen atoms in total. The van der Waals surface area contributed by atoms with Gasteiger partial charge in [-0.1, -0.05) is 11.6 Å². The van der Waals surface area contributed by atoms with Crippen LogP contribution in [0.4, 0.5) is 5.82 Å². The normalized spacial score (nSPS) is 10.9. The van der Waals surface area contributed by atoms with Gasteiger partial charge in [0.05, 0.1) is 5.02 Å². The zero-order valence-electron chi connectivity index (χ0n) is 10.2. The maximum absolute atomic E-state index is 6.17. The van der Waals surface area contributed by atoms with E-state index in [9.17, 15) is 0 Å². The summed E-state index contributed by atoms with van der Waals surface area (Å²) in [5.74, 6) is 0.846. The molecule has 2 rings (SSSR count). The van der Waals surface area contributed by atoms with Crippen LogP contribution in [0.25, 0.3) is 11.1 Å². The lowest BCUT2D eigenvalue weighted by atomic mass is 10.1. The monoisotopic (exact) mass is 249 g/mol. The number of nitrogens with one attached hydrogen (secondary N) is 2. The zero-order chi connectivity index (χ0) is 12.4. The molecule has 2 aromatic rings. The maximum atomic E-state index is 6.17. The average Bonchev–Trinajstić information content (AvgIpc) is 2.67. The first-order valence-corrected chi connectivity index (χ1v) is 6.01. The standard InChI is InChI=1S/C13H16ClN3/c1-8(2)17-13-5-11(12(14)7-16-13)10-4-9(3)15-6-10/h4-8,15H,1-3H3,(H,16,17). The number of pyridine rings is 1. The molecule has 0 saturated heterocycles. The number of hydrogen-bond donors (Lipinski definition) is 2. The first-order valence-electron chi connectivity index (χ1n) is 5.63. The van der Waals surface area contributed by atoms with Gasteiger partial charge in [-0.25, -0.2) is 4.98 Å². The minimum atomic E-state index is 0.351. The highest BCUT2D eigenvalue weighted by Crippen LogP contribution is 2.29. The highest BCUT2D eigenvalue weighted by atomic mass is 35.5. The fourth-order valence-corrected chi connectivity index (χ4v) is 1.91. The van der Waals surface area contributed by atoms with Crippen LogP contribution in [-0.4, -0.2) is 16.0 Å². The number of aromatic nitrogens is 2. The van der Waals surface area contributed by atoms with Crippen molar-refractivity contribution in [3.8, 4) is 11.1 Å². The molecule has 0 amide bonds. The van der Waals surface area contributed by atoms with Gasteiger partial charge >= 0.3 is 0 Å². The average molecular weight is 250 g/mol. The van der Waals surface area contributed by atoms with Crippen molar-refractivity contribution in [2.45, 2.75) is 26.8 Å². The number of rotatable bonds is 3. The number of hydrogen-bond acceptors (Lipinski definition) is 2. The molecular weight excluding hydrogens is 234 g/mol. The van der Waals surface area contributed by atoms with Crippen LogP contribution in [0.1, 0.15) is 19.5 Å². The van der Waals surface area contributed by atoms with Crippen molar-refractivity contribution in [2.24, 2.45) is 0 Å². The molecule has 17 heavy (non-hydrogen) atoms. The van der Waals surface area contributed by atoms with Gasteiger partial charge in [0.25, 0.3) is 0 Å². The largest absolute Gasteiger partial charge is 0.368 e. The van der Waals surface area contributed by atoms with E-state index in [1.54, 1.807) is 6.20 Å². The number of H-pyrrole nitrogens is 1. The van der Waals surface area contributed by atoms with Crippen LogP contribution in [0, 0.1) is 6.92 Å². The van der Waals surface area contributed by atoms with Gasteiger partial charge in [-0.15, -0.1) is 0 Å². The fourth-order valence-electron chi connectivity index (χ4n) is 1.70. The fraction of sp³-hybridized carbons (Fsp3) is 0.308. The highest BCUT2D eigenvalue weighted by Gasteiger charge is 2.07. The van der Waals surface area contributed by atoms with Crippen molar-refractivity contribution >= 4 is 17.4 Å². The van der Waals surface area contributed by atoms with Crippen LogP contribution in [-0.2, 0) is 0 Å². The molecule has 0 fully saturated rings. The van der Waals surface area contributed by atoms with E-state index in [0.717, 1.165) is 22.6 Å². The second-order valence-corrected chi connectivity index (χ2v) is 4.83. The number of aryl methyl sites for hydroxylation is 1. The molecule has 2 heterocycles. The maximum Gasteiger partial charge on any atom is 0.126 e. The number of halogens is 1. The van der Waals surface area contributed by atoms with Crippen LogP contribution in [0.3, 0.4) is 0 Å². The van der Waals surface area contributed by atoms with Crippen molar-refractivity contribution < 1.29 is 0 Å². The third-order valence-electron chi connectivity index (χ3n) is 2.43. The Kier molecular flexibility index (Phi) is 3.38. The van der Waals surface area contributed by atoms with E-state index in [1.807, 2.05) is 19.2 Å². The summed E-state index contributed by atoms with van der Waals surface area (Å²) in [6, 6.07) is 4.40. The van der Waals surface area contributed by atoms with Gasteiger partial charge in [0.2, 0.25) is 0 Å². The summed E-state index contributed by atoms with van der Waals surface area (Å²) >= 11 is 6.17. The molecule has 2 aromatic heterocycles. The van der Waals surface area contributed by atoms with E-state index in [-0.39, 0.29) is 0 Å². The summed E-state index contributed by atoms with van der Waals surface area (Å²) in [5, 5.41) is 3.93. The molecule has 0 atom stereocenters. The molecule has 0 unspecified atom stereocenters. The second-order valence-electron chi connectivity index (χ2n) is 4.42. The predicted octanol–water partition coefficient (Wildman–Crippen LogP) is 3.86. The molecule has 4 heteroatoms. The van der Waals surface area contributed by atoms with Crippen molar-refractivity contribution in [2.75, 3.05) is 5.32 Å². The quantitative estimate of drug-likeness (QED) is 0.867. The molecule has 0 bridgehead atoms. The molecule has 0 saturated carbocycles. The smallest absolute Gasteiger partial charge is 0.126 e. The number of anilines is 1. The van der Waals surface area contributed by atoms with Crippen molar-refractivity contribution in [1.29, 1.82) is 0 Å². The Morgan fingerprint density at radius 3 is 2.71 bits per heavy atom. The lowest BCUT2D eigenvalue weighted by molar-refractivity contribution is 0.889. The van der Waals surface area contributed by atoms with Crippen molar-refractivity contribution in [1.82, 2.24) is 9.97 Å². The molecule has 90 valence electrons. The topological polar surface area (TPSA) is 40.7 Å². The van der Waals surface area contributed by atoms with Gasteiger partial charge < -0.3 is 10.3 Å². The zero-order valence-corrected chi connectivity index (χ0v) is 11.0. The first kappa shape index (κ1) is 12.0. The summed E-state index contributed by atoms with van der Waals surface area (Å²) in [5.41, 5.74) is 3.20. The minimum Gasteiger partial charge on any atom is -0.368 e. The molecule has 0 radical (unpaired) electrons. The van der Waals surface area contributed by atoms with Crippen molar-refractivity contribution in [3.63, 3.8) is 0 Å². The molecular formula is C13H16ClN3. The van der Waals surface area contributed by atoms with Crippen LogP contribution >= 0.6 is 11.6 Å². The predicted molar refractivity (Wildman–Crippen MR) is 72.5 cm³/mol. The Morgan fingerprint density at radius 2 is 2.12 bits per heavy atom. The minimum absolute atomic E-state index is 0.351. The van der Waals surface area contributed by atoms with Gasteiger partial charge in [-0.3, -0.25) is 0 Å². The number of aromatic amines is 1. The van der Waals surface area contributed by atoms with Crippen LogP contribution in [0.15, 0.2) is 24.5 Å². The van der Waals surface area contributed by atoms with Crippen LogP contribution in [0.2, 0.25) is 5.02 Å². The summed E-state index contributed by atoms with van der Waals surface area (Å²) in [6.07, 6.45) is 3.64. The highest BCUT2D eigenvalue weighted by molar-refractivity contribution is 6.33. The Morgan fingerprint density at radius 1 is 1.35 bits per heavy atom. The van der Waals surface area contributed by atoms with E-state index >= 15 is 0 Å². The van der Waals surface area contributed by atoms with E-state index < -0.39 is 0 Å². The summed E-state index contributed by atoms with van der Waals surface area (Å²) in [7, 11) is 0. The van der Waals surface area contributed by atoms with E-state index in [0.29, 0.717) is 11.1 Å². The lowest BCUT2D eigenvalue weighted by Gasteiger charge is -2.10. The Bertz CT molecular complexity index is 517. The van der Waals surface area contributed by atoms with Gasteiger partial charge in [-0.2, -0.15) is 0 Å². The lowest BCUT2D eigenvalue weighted by Crippen LogP contribution is -2.10. The Hall–Kier alpha value is -1.48. The molecule has 0 aliphatic heterocycles. The first-order chi connectivity index (χ1) is 8.06. The van der Waals surface area contributed by atoms with Crippen molar-refractivity contribution in [3.05, 3.63) is 35.2 Å². The Balaban J connectivity index is 2.39. The molecule has 0 aromatic carbocycles. The van der Waals surface area contributed by atoms with Gasteiger partial charge in [-0.05, 0) is 32.9 Å². The third kappa shape index (κ3) is 2.80. The van der Waals surface area contributed by atoms with Gasteiger partial charge in [0.15, 0.2) is 0 Å². The third-order valence-corrected chi connectivity index (χ3v) is 2.73. The van der Waals surface area contributed by atoms with Crippen LogP contribution < -0.4 is 5.32 Å². The van der Waals surface area contributed by atoms with E-state index in [4.69, 9.17) is 11.6 Å². The summed E-state index contributed by atoms with van der Waals surface area (Å²) < 4.78 is 0. The molecule has 0 aliphatic carbocycles. The number of nitrogens with zero attached hydrogens (tertiary/aromatic N) is 1. The molecule has 2 N–H and O–H groups in total. The summed E-state index contributed by atoms with van der Waals surface area (Å²) in [4.78, 5) is 7.41. The van der Waals surface area contributed by atoms with Gasteiger partial charge in [0, 0.05) is 35.3 Å². The summed E-state index contributed by atoms with van der Waals surface area (Å²) in [6.45, 7) is 6.18. The van der Waals surface area contributed by atoms with E-state index in [1.165, 1.54) is 0 Å². The SMILES string of the molecule is Cc1cc(-c2cc(NC(C)C)ncc2Cl)c[nH]1. The Labute approximate surface area is 106 Å². The molecule has 0 spiro atoms.